The van der Waals surface area contributed by atoms with E-state index >= 15 is 0 Å². The molecule has 40 heavy (non-hydrogen) atoms. The molecule has 4 aromatic rings. The molecule has 3 aliphatic rings. The van der Waals surface area contributed by atoms with Gasteiger partial charge < -0.3 is 14.6 Å². The Morgan fingerprint density at radius 3 is 2.77 bits per heavy atom. The van der Waals surface area contributed by atoms with E-state index in [1.807, 2.05) is 21.7 Å². The van der Waals surface area contributed by atoms with E-state index < -0.39 is 0 Å². The zero-order valence-electron chi connectivity index (χ0n) is 22.8. The molecule has 0 spiro atoms. The molecule has 0 aromatic carbocycles. The minimum atomic E-state index is -0.255. The summed E-state index contributed by atoms with van der Waals surface area (Å²) in [5.74, 6) is 1.23. The van der Waals surface area contributed by atoms with Crippen LogP contribution in [0.3, 0.4) is 0 Å². The van der Waals surface area contributed by atoms with Crippen molar-refractivity contribution in [2.75, 3.05) is 23.4 Å². The van der Waals surface area contributed by atoms with Crippen molar-refractivity contribution in [3.05, 3.63) is 69.0 Å². The number of nitrogens with one attached hydrogen (secondary N) is 1. The Labute approximate surface area is 231 Å². The van der Waals surface area contributed by atoms with Gasteiger partial charge in [0.2, 0.25) is 0 Å². The van der Waals surface area contributed by atoms with Gasteiger partial charge in [-0.1, -0.05) is 6.92 Å². The third-order valence-electron chi connectivity index (χ3n) is 8.22. The van der Waals surface area contributed by atoms with Crippen LogP contribution < -0.4 is 15.8 Å². The summed E-state index contributed by atoms with van der Waals surface area (Å²) in [6, 6.07) is 7.65. The molecule has 0 saturated carbocycles. The largest absolute Gasteiger partial charge is 0.373 e. The van der Waals surface area contributed by atoms with Crippen molar-refractivity contribution in [1.29, 1.82) is 0 Å². The lowest BCUT2D eigenvalue weighted by Gasteiger charge is -2.30. The number of aromatic nitrogens is 6. The first-order valence-corrected chi connectivity index (χ1v) is 14.0. The van der Waals surface area contributed by atoms with E-state index in [2.05, 4.69) is 33.1 Å². The Bertz CT molecular complexity index is 1670. The van der Waals surface area contributed by atoms with Crippen LogP contribution in [0.2, 0.25) is 0 Å². The van der Waals surface area contributed by atoms with Crippen LogP contribution in [0.1, 0.15) is 52.8 Å². The minimum absolute atomic E-state index is 0.0106. The van der Waals surface area contributed by atoms with E-state index in [1.54, 1.807) is 19.3 Å². The van der Waals surface area contributed by atoms with Gasteiger partial charge in [-0.15, -0.1) is 0 Å². The molecule has 7 rings (SSSR count). The number of aryl methyl sites for hydroxylation is 2. The number of amides is 1. The molecule has 1 N–H and O–H groups in total. The fourth-order valence-electron chi connectivity index (χ4n) is 6.26. The summed E-state index contributed by atoms with van der Waals surface area (Å²) in [7, 11) is 1.64. The van der Waals surface area contributed by atoms with E-state index in [4.69, 9.17) is 9.72 Å². The number of anilines is 3. The summed E-state index contributed by atoms with van der Waals surface area (Å²) in [6.45, 7) is 5.18. The van der Waals surface area contributed by atoms with Gasteiger partial charge in [0.05, 0.1) is 31.1 Å². The number of rotatable bonds is 5. The topological polar surface area (TPSA) is 112 Å². The molecule has 2 aliphatic heterocycles. The summed E-state index contributed by atoms with van der Waals surface area (Å²) in [5.41, 5.74) is 6.87. The molecule has 0 atom stereocenters. The number of carbonyl (C=O) groups excluding carboxylic acids is 1. The Hall–Kier alpha value is -4.25. The average Bonchev–Trinajstić information content (AvgIpc) is 3.56. The van der Waals surface area contributed by atoms with E-state index in [0.29, 0.717) is 55.7 Å². The fourth-order valence-corrected chi connectivity index (χ4v) is 6.26. The van der Waals surface area contributed by atoms with Crippen molar-refractivity contribution in [3.8, 4) is 11.3 Å². The molecule has 4 aromatic heterocycles. The van der Waals surface area contributed by atoms with Crippen molar-refractivity contribution in [2.45, 2.75) is 58.7 Å². The molecule has 0 fully saturated rings. The van der Waals surface area contributed by atoms with Gasteiger partial charge in [0.15, 0.2) is 5.82 Å². The van der Waals surface area contributed by atoms with E-state index in [0.717, 1.165) is 41.9 Å². The van der Waals surface area contributed by atoms with Crippen LogP contribution in [0.5, 0.6) is 0 Å². The molecule has 1 amide bonds. The Morgan fingerprint density at radius 1 is 1.05 bits per heavy atom. The summed E-state index contributed by atoms with van der Waals surface area (Å²) in [5, 5.41) is 12.4. The number of ether oxygens (including phenoxy) is 1. The molecule has 0 bridgehead atoms. The maximum absolute atomic E-state index is 13.8. The van der Waals surface area contributed by atoms with Gasteiger partial charge >= 0.3 is 0 Å². The Morgan fingerprint density at radius 2 is 1.93 bits per heavy atom. The maximum atomic E-state index is 13.8. The highest BCUT2D eigenvalue weighted by Gasteiger charge is 2.32. The van der Waals surface area contributed by atoms with Crippen molar-refractivity contribution in [3.63, 3.8) is 0 Å². The predicted octanol–water partition coefficient (Wildman–Crippen LogP) is 3.22. The minimum Gasteiger partial charge on any atom is -0.373 e. The van der Waals surface area contributed by atoms with E-state index in [1.165, 1.54) is 28.8 Å². The average molecular weight is 541 g/mol. The van der Waals surface area contributed by atoms with E-state index in [-0.39, 0.29) is 11.5 Å². The van der Waals surface area contributed by atoms with Gasteiger partial charge in [-0.2, -0.15) is 10.2 Å². The van der Waals surface area contributed by atoms with Gasteiger partial charge in [0.25, 0.3) is 11.5 Å². The van der Waals surface area contributed by atoms with E-state index in [9.17, 15) is 9.59 Å². The molecule has 6 heterocycles. The number of fused-ring (bicyclic) bond motifs is 4. The van der Waals surface area contributed by atoms with Crippen LogP contribution in [0.4, 0.5) is 17.3 Å². The zero-order chi connectivity index (χ0) is 27.4. The van der Waals surface area contributed by atoms with Crippen LogP contribution in [0, 0.1) is 0 Å². The van der Waals surface area contributed by atoms with Crippen LogP contribution in [-0.2, 0) is 50.7 Å². The molecule has 0 unspecified atom stereocenters. The maximum Gasteiger partial charge on any atom is 0.290 e. The van der Waals surface area contributed by atoms with Crippen molar-refractivity contribution in [2.24, 2.45) is 7.05 Å². The first kappa shape index (κ1) is 24.8. The van der Waals surface area contributed by atoms with Crippen LogP contribution in [0.15, 0.2) is 35.3 Å². The predicted molar refractivity (Wildman–Crippen MR) is 150 cm³/mol. The second-order valence-corrected chi connectivity index (χ2v) is 10.6. The quantitative estimate of drug-likeness (QED) is 0.414. The summed E-state index contributed by atoms with van der Waals surface area (Å²) < 4.78 is 11.0. The Balaban J connectivity index is 1.25. The number of pyridine rings is 1. The molecular weight excluding hydrogens is 508 g/mol. The molecule has 0 saturated heterocycles. The highest BCUT2D eigenvalue weighted by atomic mass is 16.5. The second-order valence-electron chi connectivity index (χ2n) is 10.6. The highest BCUT2D eigenvalue weighted by Crippen LogP contribution is 2.34. The van der Waals surface area contributed by atoms with Crippen LogP contribution in [0.25, 0.3) is 11.3 Å². The molecule has 1 aliphatic carbocycles. The number of hydrogen-bond donors (Lipinski definition) is 1. The van der Waals surface area contributed by atoms with Gasteiger partial charge in [0.1, 0.15) is 17.2 Å². The first-order chi connectivity index (χ1) is 19.5. The standard InChI is InChI=1S/C29H32N8O3/c1-3-20-21(22-16-23(28(38)34(2)32-22)31-26-15-19-17-40-13-12-37(19)33-26)8-9-30-27(20)36-11-10-35-24-7-5-4-6-18(24)14-25(35)29(36)39/h8-9,14-16H,3-7,10-13,17H2,1-2H3,(H,31,33). The van der Waals surface area contributed by atoms with Crippen molar-refractivity contribution in [1.82, 2.24) is 29.1 Å². The van der Waals surface area contributed by atoms with Gasteiger partial charge in [-0.25, -0.2) is 9.67 Å². The van der Waals surface area contributed by atoms with Gasteiger partial charge in [-0.3, -0.25) is 19.2 Å². The molecule has 11 heteroatoms. The van der Waals surface area contributed by atoms with Crippen LogP contribution >= 0.6 is 0 Å². The van der Waals surface area contributed by atoms with Crippen LogP contribution in [-0.4, -0.2) is 48.2 Å². The number of nitrogens with zero attached hydrogens (tertiary/aromatic N) is 7. The molecule has 11 nitrogen and oxygen atoms in total. The third kappa shape index (κ3) is 4.03. The highest BCUT2D eigenvalue weighted by molar-refractivity contribution is 6.06. The third-order valence-corrected chi connectivity index (χ3v) is 8.22. The second kappa shape index (κ2) is 9.74. The number of carbonyl (C=O) groups is 1. The summed E-state index contributed by atoms with van der Waals surface area (Å²) in [6.07, 6.45) is 6.82. The van der Waals surface area contributed by atoms with Gasteiger partial charge in [-0.05, 0) is 55.9 Å². The Kier molecular flexibility index (Phi) is 6.03. The lowest BCUT2D eigenvalue weighted by molar-refractivity contribution is 0.0801. The molecule has 0 radical (unpaired) electrons. The lowest BCUT2D eigenvalue weighted by atomic mass is 9.98. The van der Waals surface area contributed by atoms with Gasteiger partial charge in [0, 0.05) is 49.2 Å². The summed E-state index contributed by atoms with van der Waals surface area (Å²) in [4.78, 5) is 33.3. The molecular formula is C29H32N8O3. The summed E-state index contributed by atoms with van der Waals surface area (Å²) >= 11 is 0. The van der Waals surface area contributed by atoms with Crippen molar-refractivity contribution < 1.29 is 9.53 Å². The first-order valence-electron chi connectivity index (χ1n) is 14.0. The number of hydrogen-bond acceptors (Lipinski definition) is 7. The lowest BCUT2D eigenvalue weighted by Crippen LogP contribution is -2.41. The smallest absolute Gasteiger partial charge is 0.290 e. The molecule has 206 valence electrons. The SMILES string of the molecule is CCc1c(-c2cc(Nc3cc4n(n3)CCOC4)c(=O)n(C)n2)ccnc1N1CCn2c(cc3c2CCCC3)C1=O. The normalized spacial score (nSPS) is 16.4. The fraction of sp³-hybridized carbons (Fsp3) is 0.414. The zero-order valence-corrected chi connectivity index (χ0v) is 22.8. The monoisotopic (exact) mass is 540 g/mol. The van der Waals surface area contributed by atoms with Crippen molar-refractivity contribution >= 4 is 23.2 Å².